The minimum Gasteiger partial charge on any atom is -0.497 e. The Morgan fingerprint density at radius 3 is 2.36 bits per heavy atom. The molecule has 2 rings (SSSR count). The number of carbonyl (C=O) groups excluding carboxylic acids is 2. The number of benzene rings is 2. The number of carbonyl (C=O) groups is 2. The van der Waals surface area contributed by atoms with Crippen LogP contribution in [0.5, 0.6) is 11.5 Å². The first-order valence-corrected chi connectivity index (χ1v) is 8.29. The van der Waals surface area contributed by atoms with E-state index in [2.05, 4.69) is 5.32 Å². The van der Waals surface area contributed by atoms with E-state index in [1.807, 2.05) is 0 Å². The minimum atomic E-state index is -1.10. The Bertz CT molecular complexity index is 865. The van der Waals surface area contributed by atoms with E-state index in [-0.39, 0.29) is 23.5 Å². The molecule has 9 nitrogen and oxygen atoms in total. The molecule has 0 saturated heterocycles. The Kier molecular flexibility index (Phi) is 6.91. The van der Waals surface area contributed by atoms with Gasteiger partial charge in [-0.15, -0.1) is 0 Å². The third-order valence-electron chi connectivity index (χ3n) is 3.84. The Morgan fingerprint density at radius 1 is 1.11 bits per heavy atom. The molecule has 9 heteroatoms. The molecule has 0 fully saturated rings. The van der Waals surface area contributed by atoms with E-state index in [9.17, 15) is 19.7 Å². The smallest absolute Gasteiger partial charge is 0.311 e. The third kappa shape index (κ3) is 5.44. The molecule has 0 unspecified atom stereocenters. The van der Waals surface area contributed by atoms with Crippen LogP contribution < -0.4 is 14.8 Å². The van der Waals surface area contributed by atoms with Gasteiger partial charge in [-0.05, 0) is 30.7 Å². The standard InChI is InChI=1S/C19H20N2O7/c1-12(28-18(22)10-13-4-7-15(26-2)8-5-13)19(23)20-16-11-14(21(24)25)6-9-17(16)27-3/h4-9,11-12H,10H2,1-3H3,(H,20,23)/t12-/m1/s1. The van der Waals surface area contributed by atoms with Crippen LogP contribution in [0.15, 0.2) is 42.5 Å². The van der Waals surface area contributed by atoms with Crippen molar-refractivity contribution in [2.75, 3.05) is 19.5 Å². The number of ether oxygens (including phenoxy) is 3. The number of nitrogens with one attached hydrogen (secondary N) is 1. The lowest BCUT2D eigenvalue weighted by molar-refractivity contribution is -0.384. The van der Waals surface area contributed by atoms with Crippen molar-refractivity contribution in [3.05, 3.63) is 58.1 Å². The molecule has 0 saturated carbocycles. The lowest BCUT2D eigenvalue weighted by atomic mass is 10.1. The van der Waals surface area contributed by atoms with Crippen LogP contribution >= 0.6 is 0 Å². The van der Waals surface area contributed by atoms with Crippen LogP contribution in [0.1, 0.15) is 12.5 Å². The molecule has 28 heavy (non-hydrogen) atoms. The summed E-state index contributed by atoms with van der Waals surface area (Å²) in [6.07, 6.45) is -1.11. The summed E-state index contributed by atoms with van der Waals surface area (Å²) in [4.78, 5) is 34.7. The van der Waals surface area contributed by atoms with Crippen molar-refractivity contribution >= 4 is 23.3 Å². The average Bonchev–Trinajstić information content (AvgIpc) is 2.68. The number of non-ortho nitro benzene ring substituents is 1. The highest BCUT2D eigenvalue weighted by atomic mass is 16.6. The highest BCUT2D eigenvalue weighted by Crippen LogP contribution is 2.29. The van der Waals surface area contributed by atoms with Crippen LogP contribution in [-0.2, 0) is 20.7 Å². The maximum absolute atomic E-state index is 12.3. The average molecular weight is 388 g/mol. The van der Waals surface area contributed by atoms with Crippen molar-refractivity contribution in [2.24, 2.45) is 0 Å². The molecule has 0 spiro atoms. The van der Waals surface area contributed by atoms with E-state index in [0.29, 0.717) is 11.3 Å². The molecule has 0 heterocycles. The van der Waals surface area contributed by atoms with Gasteiger partial charge in [-0.3, -0.25) is 19.7 Å². The number of nitrogens with zero attached hydrogens (tertiary/aromatic N) is 1. The van der Waals surface area contributed by atoms with Gasteiger partial charge in [-0.2, -0.15) is 0 Å². The number of nitro benzene ring substituents is 1. The van der Waals surface area contributed by atoms with E-state index >= 15 is 0 Å². The summed E-state index contributed by atoms with van der Waals surface area (Å²) in [6.45, 7) is 1.41. The fourth-order valence-corrected chi connectivity index (χ4v) is 2.34. The maximum atomic E-state index is 12.3. The second kappa shape index (κ2) is 9.36. The molecule has 0 aliphatic heterocycles. The van der Waals surface area contributed by atoms with E-state index in [0.717, 1.165) is 0 Å². The number of amides is 1. The fourth-order valence-electron chi connectivity index (χ4n) is 2.34. The van der Waals surface area contributed by atoms with Gasteiger partial charge in [0.15, 0.2) is 6.10 Å². The van der Waals surface area contributed by atoms with Crippen LogP contribution in [0.4, 0.5) is 11.4 Å². The molecule has 0 radical (unpaired) electrons. The molecule has 2 aromatic rings. The van der Waals surface area contributed by atoms with Crippen molar-refractivity contribution in [1.82, 2.24) is 0 Å². The Balaban J connectivity index is 1.99. The minimum absolute atomic E-state index is 0.0122. The zero-order valence-electron chi connectivity index (χ0n) is 15.6. The van der Waals surface area contributed by atoms with E-state index < -0.39 is 22.9 Å². The van der Waals surface area contributed by atoms with Crippen molar-refractivity contribution in [1.29, 1.82) is 0 Å². The zero-order valence-corrected chi connectivity index (χ0v) is 15.6. The second-order valence-electron chi connectivity index (χ2n) is 5.79. The van der Waals surface area contributed by atoms with Gasteiger partial charge in [-0.1, -0.05) is 12.1 Å². The first kappa shape index (κ1) is 20.7. The highest BCUT2D eigenvalue weighted by molar-refractivity contribution is 5.96. The van der Waals surface area contributed by atoms with E-state index in [1.54, 1.807) is 31.4 Å². The number of rotatable bonds is 8. The number of methoxy groups -OCH3 is 2. The number of hydrogen-bond donors (Lipinski definition) is 1. The van der Waals surface area contributed by atoms with Crippen molar-refractivity contribution in [3.8, 4) is 11.5 Å². The van der Waals surface area contributed by atoms with Crippen LogP contribution in [-0.4, -0.2) is 37.1 Å². The summed E-state index contributed by atoms with van der Waals surface area (Å²) in [7, 11) is 2.91. The highest BCUT2D eigenvalue weighted by Gasteiger charge is 2.21. The SMILES string of the molecule is COc1ccc(CC(=O)O[C@H](C)C(=O)Nc2cc([N+](=O)[O-])ccc2OC)cc1. The molecule has 1 atom stereocenters. The van der Waals surface area contributed by atoms with Gasteiger partial charge in [0.1, 0.15) is 11.5 Å². The molecule has 0 bridgehead atoms. The summed E-state index contributed by atoms with van der Waals surface area (Å²) in [5.41, 5.74) is 0.610. The fraction of sp³-hybridized carbons (Fsp3) is 0.263. The summed E-state index contributed by atoms with van der Waals surface area (Å²) < 4.78 is 15.3. The molecule has 1 N–H and O–H groups in total. The molecule has 148 valence electrons. The number of nitro groups is 1. The van der Waals surface area contributed by atoms with Gasteiger partial charge < -0.3 is 19.5 Å². The Hall–Kier alpha value is -3.62. The topological polar surface area (TPSA) is 117 Å². The molecule has 1 amide bonds. The number of hydrogen-bond acceptors (Lipinski definition) is 7. The lowest BCUT2D eigenvalue weighted by Gasteiger charge is -2.15. The van der Waals surface area contributed by atoms with Crippen LogP contribution in [0.3, 0.4) is 0 Å². The van der Waals surface area contributed by atoms with E-state index in [4.69, 9.17) is 14.2 Å². The first-order valence-electron chi connectivity index (χ1n) is 8.29. The van der Waals surface area contributed by atoms with Gasteiger partial charge in [-0.25, -0.2) is 0 Å². The predicted molar refractivity (Wildman–Crippen MR) is 101 cm³/mol. The normalized spacial score (nSPS) is 11.2. The lowest BCUT2D eigenvalue weighted by Crippen LogP contribution is -2.30. The summed E-state index contributed by atoms with van der Waals surface area (Å²) in [6, 6.07) is 10.7. The Labute approximate surface area is 161 Å². The Morgan fingerprint density at radius 2 is 1.79 bits per heavy atom. The van der Waals surface area contributed by atoms with Crippen molar-refractivity contribution in [3.63, 3.8) is 0 Å². The predicted octanol–water partition coefficient (Wildman–Crippen LogP) is 2.72. The summed E-state index contributed by atoms with van der Waals surface area (Å²) in [5.74, 6) is -0.313. The quantitative estimate of drug-likeness (QED) is 0.420. The maximum Gasteiger partial charge on any atom is 0.311 e. The molecule has 0 aromatic heterocycles. The monoisotopic (exact) mass is 388 g/mol. The largest absolute Gasteiger partial charge is 0.497 e. The van der Waals surface area contributed by atoms with Gasteiger partial charge >= 0.3 is 5.97 Å². The van der Waals surface area contributed by atoms with Crippen molar-refractivity contribution < 1.29 is 28.7 Å². The number of anilines is 1. The molecule has 0 aliphatic rings. The first-order chi connectivity index (χ1) is 13.3. The molecule has 2 aromatic carbocycles. The molecule has 0 aliphatic carbocycles. The summed E-state index contributed by atoms with van der Waals surface area (Å²) in [5, 5.41) is 13.4. The third-order valence-corrected chi connectivity index (χ3v) is 3.84. The summed E-state index contributed by atoms with van der Waals surface area (Å²) >= 11 is 0. The second-order valence-corrected chi connectivity index (χ2v) is 5.79. The van der Waals surface area contributed by atoms with Gasteiger partial charge in [0, 0.05) is 12.1 Å². The van der Waals surface area contributed by atoms with Crippen LogP contribution in [0, 0.1) is 10.1 Å². The van der Waals surface area contributed by atoms with Crippen LogP contribution in [0.2, 0.25) is 0 Å². The number of esters is 1. The van der Waals surface area contributed by atoms with Crippen molar-refractivity contribution in [2.45, 2.75) is 19.4 Å². The molecular formula is C19H20N2O7. The molecular weight excluding hydrogens is 368 g/mol. The van der Waals surface area contributed by atoms with Gasteiger partial charge in [0.2, 0.25) is 0 Å². The zero-order chi connectivity index (χ0) is 20.7. The van der Waals surface area contributed by atoms with Gasteiger partial charge in [0.25, 0.3) is 11.6 Å². The van der Waals surface area contributed by atoms with E-state index in [1.165, 1.54) is 32.2 Å². The van der Waals surface area contributed by atoms with Gasteiger partial charge in [0.05, 0.1) is 31.3 Å². The van der Waals surface area contributed by atoms with Crippen LogP contribution in [0.25, 0.3) is 0 Å².